The van der Waals surface area contributed by atoms with E-state index in [9.17, 15) is 0 Å². The van der Waals surface area contributed by atoms with E-state index in [1.807, 2.05) is 0 Å². The van der Waals surface area contributed by atoms with E-state index in [0.29, 0.717) is 0 Å². The van der Waals surface area contributed by atoms with Crippen LogP contribution < -0.4 is 24.8 Å². The number of halogens is 2. The molecule has 0 nitrogen and oxygen atoms in total. The largest absolute Gasteiger partial charge is 4.00 e. The Bertz CT molecular complexity index is 1160. The van der Waals surface area contributed by atoms with Gasteiger partial charge in [-0.3, -0.25) is 0 Å². The second kappa shape index (κ2) is 13.7. The molecule has 0 saturated heterocycles. The minimum atomic E-state index is 0. The molecular formula is C28H26Cl2Zr. The first kappa shape index (κ1) is 27.4. The Balaban J connectivity index is 0.000000285. The fraction of sp³-hybridized carbons (Fsp3) is 0.143. The first-order valence-electron chi connectivity index (χ1n) is 10.2. The van der Waals surface area contributed by atoms with Gasteiger partial charge in [0.05, 0.1) is 0 Å². The predicted molar refractivity (Wildman–Crippen MR) is 123 cm³/mol. The van der Waals surface area contributed by atoms with Gasteiger partial charge in [0.2, 0.25) is 0 Å². The SMILES string of the molecule is CCCC[c-]1ccc2ccccc21.[Cl-].[Cl-].[Zr+4].c1ccc(-c2cccc3[cH-]ccc23)cc1. The van der Waals surface area contributed by atoms with Gasteiger partial charge in [0.1, 0.15) is 0 Å². The summed E-state index contributed by atoms with van der Waals surface area (Å²) in [6, 6.07) is 36.5. The minimum Gasteiger partial charge on any atom is -1.00 e. The van der Waals surface area contributed by atoms with Crippen LogP contribution >= 0.6 is 0 Å². The van der Waals surface area contributed by atoms with Crippen LogP contribution in [-0.2, 0) is 32.6 Å². The number of hydrogen-bond donors (Lipinski definition) is 0. The molecule has 0 atom stereocenters. The Morgan fingerprint density at radius 1 is 0.774 bits per heavy atom. The van der Waals surface area contributed by atoms with Crippen LogP contribution in [0.15, 0.2) is 103 Å². The first-order valence-corrected chi connectivity index (χ1v) is 10.2. The van der Waals surface area contributed by atoms with Gasteiger partial charge in [-0.25, -0.2) is 0 Å². The minimum absolute atomic E-state index is 0. The molecule has 0 bridgehead atoms. The van der Waals surface area contributed by atoms with Gasteiger partial charge in [0, 0.05) is 0 Å². The van der Waals surface area contributed by atoms with Gasteiger partial charge in [-0.2, -0.15) is 18.2 Å². The van der Waals surface area contributed by atoms with Gasteiger partial charge < -0.3 is 24.8 Å². The van der Waals surface area contributed by atoms with E-state index < -0.39 is 0 Å². The number of unbranched alkanes of at least 4 members (excludes halogenated alkanes) is 1. The zero-order chi connectivity index (χ0) is 19.2. The summed E-state index contributed by atoms with van der Waals surface area (Å²) >= 11 is 0. The van der Waals surface area contributed by atoms with E-state index >= 15 is 0 Å². The average Bonchev–Trinajstić information content (AvgIpc) is 3.40. The van der Waals surface area contributed by atoms with Crippen molar-refractivity contribution >= 4 is 21.5 Å². The van der Waals surface area contributed by atoms with E-state index in [-0.39, 0.29) is 51.0 Å². The van der Waals surface area contributed by atoms with Crippen molar-refractivity contribution in [3.05, 3.63) is 109 Å². The molecule has 0 spiro atoms. The zero-order valence-corrected chi connectivity index (χ0v) is 21.7. The summed E-state index contributed by atoms with van der Waals surface area (Å²) in [6.07, 6.45) is 3.80. The second-order valence-electron chi connectivity index (χ2n) is 7.25. The molecule has 31 heavy (non-hydrogen) atoms. The summed E-state index contributed by atoms with van der Waals surface area (Å²) in [5.41, 5.74) is 4.12. The summed E-state index contributed by atoms with van der Waals surface area (Å²) in [5.74, 6) is 0. The van der Waals surface area contributed by atoms with Gasteiger partial charge >= 0.3 is 26.2 Å². The third-order valence-corrected chi connectivity index (χ3v) is 5.33. The van der Waals surface area contributed by atoms with Gasteiger partial charge in [-0.1, -0.05) is 74.2 Å². The van der Waals surface area contributed by atoms with Gasteiger partial charge in [-0.05, 0) is 5.56 Å². The van der Waals surface area contributed by atoms with Crippen molar-refractivity contribution < 1.29 is 51.0 Å². The summed E-state index contributed by atoms with van der Waals surface area (Å²) in [6.45, 7) is 2.24. The van der Waals surface area contributed by atoms with Crippen LogP contribution in [0.25, 0.3) is 32.7 Å². The third-order valence-electron chi connectivity index (χ3n) is 5.33. The molecule has 0 aliphatic heterocycles. The van der Waals surface area contributed by atoms with E-state index in [0.717, 1.165) is 0 Å². The van der Waals surface area contributed by atoms with Crippen LogP contribution in [0.2, 0.25) is 0 Å². The van der Waals surface area contributed by atoms with Gasteiger partial charge in [0.25, 0.3) is 0 Å². The Kier molecular flexibility index (Phi) is 12.1. The van der Waals surface area contributed by atoms with Crippen LogP contribution in [0.4, 0.5) is 0 Å². The molecule has 0 unspecified atom stereocenters. The molecular weight excluding hydrogens is 498 g/mol. The van der Waals surface area contributed by atoms with Crippen molar-refractivity contribution in [2.24, 2.45) is 0 Å². The Morgan fingerprint density at radius 2 is 1.52 bits per heavy atom. The molecule has 0 heterocycles. The van der Waals surface area contributed by atoms with Crippen molar-refractivity contribution in [2.75, 3.05) is 0 Å². The Labute approximate surface area is 217 Å². The molecule has 0 fully saturated rings. The van der Waals surface area contributed by atoms with Crippen LogP contribution in [0, 0.1) is 0 Å². The molecule has 0 N–H and O–H groups in total. The number of fused-ring (bicyclic) bond motifs is 2. The number of aryl methyl sites for hydroxylation is 1. The molecule has 156 valence electrons. The summed E-state index contributed by atoms with van der Waals surface area (Å²) in [5, 5.41) is 5.48. The van der Waals surface area contributed by atoms with Crippen LogP contribution in [0.5, 0.6) is 0 Å². The standard InChI is InChI=1S/C15H11.C13H15.2ClH.Zr/c1-2-6-12(7-3-1)14-10-4-8-13-9-5-11-15(13)14;1-2-3-6-11-9-10-12-7-4-5-8-13(11)12;;;/h1-11H;4-5,7-10H,2-3,6H2,1H3;2*1H;/q2*-1;;;+4/p-2. The maximum Gasteiger partial charge on any atom is 4.00 e. The molecule has 0 aromatic heterocycles. The second-order valence-corrected chi connectivity index (χ2v) is 7.25. The zero-order valence-electron chi connectivity index (χ0n) is 17.7. The molecule has 5 aromatic carbocycles. The maximum absolute atomic E-state index is 2.26. The smallest absolute Gasteiger partial charge is 1.00 e. The van der Waals surface area contributed by atoms with Crippen molar-refractivity contribution in [1.82, 2.24) is 0 Å². The van der Waals surface area contributed by atoms with Crippen molar-refractivity contribution in [3.63, 3.8) is 0 Å². The maximum atomic E-state index is 2.26. The third kappa shape index (κ3) is 6.66. The van der Waals surface area contributed by atoms with E-state index in [1.165, 1.54) is 57.5 Å². The molecule has 0 radical (unpaired) electrons. The molecule has 0 aliphatic carbocycles. The average molecular weight is 525 g/mol. The summed E-state index contributed by atoms with van der Waals surface area (Å²) in [7, 11) is 0. The molecule has 5 aromatic rings. The van der Waals surface area contributed by atoms with E-state index in [2.05, 4.69) is 110 Å². The fourth-order valence-corrected chi connectivity index (χ4v) is 3.83. The van der Waals surface area contributed by atoms with Crippen LogP contribution in [0.1, 0.15) is 25.3 Å². The number of rotatable bonds is 4. The Hall–Kier alpha value is -1.66. The van der Waals surface area contributed by atoms with Crippen molar-refractivity contribution in [3.8, 4) is 11.1 Å². The van der Waals surface area contributed by atoms with E-state index in [1.54, 1.807) is 0 Å². The van der Waals surface area contributed by atoms with Crippen LogP contribution in [0.3, 0.4) is 0 Å². The quantitative estimate of drug-likeness (QED) is 0.316. The van der Waals surface area contributed by atoms with Gasteiger partial charge in [-0.15, -0.1) is 69.6 Å². The molecule has 0 amide bonds. The molecule has 0 saturated carbocycles. The summed E-state index contributed by atoms with van der Waals surface area (Å²) in [4.78, 5) is 0. The van der Waals surface area contributed by atoms with Crippen molar-refractivity contribution in [1.29, 1.82) is 0 Å². The summed E-state index contributed by atoms with van der Waals surface area (Å²) < 4.78 is 0. The predicted octanol–water partition coefficient (Wildman–Crippen LogP) is 2.13. The monoisotopic (exact) mass is 522 g/mol. The van der Waals surface area contributed by atoms with Gasteiger partial charge in [0.15, 0.2) is 0 Å². The fourth-order valence-electron chi connectivity index (χ4n) is 3.83. The molecule has 5 rings (SSSR count). The number of hydrogen-bond acceptors (Lipinski definition) is 0. The van der Waals surface area contributed by atoms with Crippen molar-refractivity contribution in [2.45, 2.75) is 26.2 Å². The molecule has 3 heteroatoms. The Morgan fingerprint density at radius 3 is 2.29 bits per heavy atom. The topological polar surface area (TPSA) is 0 Å². The van der Waals surface area contributed by atoms with Crippen LogP contribution in [-0.4, -0.2) is 0 Å². The number of benzene rings is 3. The first-order chi connectivity index (χ1) is 13.9. The molecule has 0 aliphatic rings. The normalized spacial score (nSPS) is 9.71. The van der Waals surface area contributed by atoms with E-state index in [4.69, 9.17) is 0 Å².